The van der Waals surface area contributed by atoms with E-state index in [1.54, 1.807) is 19.3 Å². The molecule has 0 aliphatic heterocycles. The molecule has 0 saturated heterocycles. The summed E-state index contributed by atoms with van der Waals surface area (Å²) >= 11 is 0. The minimum Gasteiger partial charge on any atom is -0.383 e. The Hall–Kier alpha value is -1.62. The van der Waals surface area contributed by atoms with Gasteiger partial charge in [0.1, 0.15) is 5.69 Å². The smallest absolute Gasteiger partial charge is 0.269 e. The molecule has 5 heteroatoms. The predicted octanol–water partition coefficient (Wildman–Crippen LogP) is 1.37. The second-order valence-corrected chi connectivity index (χ2v) is 4.43. The molecule has 0 radical (unpaired) electrons. The lowest BCUT2D eigenvalue weighted by molar-refractivity contribution is 0.0958. The normalized spacial score (nSPS) is 11.1. The molecule has 0 aromatic carbocycles. The van der Waals surface area contributed by atoms with Crippen LogP contribution in [-0.4, -0.2) is 30.0 Å². The van der Waals surface area contributed by atoms with Crippen LogP contribution in [0.2, 0.25) is 0 Å². The number of nitrogens with one attached hydrogen (secondary N) is 2. The minimum absolute atomic E-state index is 0.191. The standard InChI is InChI=1S/C13H22N4O/c1-4-13(14,5-2)9-17-10-6-7-16-11(8-10)12(18)15-3/h6-8H,4-5,9,14H2,1-3H3,(H,15,18)(H,16,17). The van der Waals surface area contributed by atoms with Gasteiger partial charge in [0, 0.05) is 31.0 Å². The number of nitrogens with two attached hydrogens (primary N) is 1. The minimum atomic E-state index is -0.212. The van der Waals surface area contributed by atoms with Gasteiger partial charge in [-0.1, -0.05) is 13.8 Å². The number of amides is 1. The summed E-state index contributed by atoms with van der Waals surface area (Å²) in [4.78, 5) is 15.5. The molecule has 0 aliphatic carbocycles. The summed E-state index contributed by atoms with van der Waals surface area (Å²) in [6, 6.07) is 3.56. The van der Waals surface area contributed by atoms with Gasteiger partial charge >= 0.3 is 0 Å². The van der Waals surface area contributed by atoms with E-state index in [4.69, 9.17) is 5.73 Å². The van der Waals surface area contributed by atoms with Crippen molar-refractivity contribution in [2.45, 2.75) is 32.2 Å². The maximum absolute atomic E-state index is 11.5. The van der Waals surface area contributed by atoms with Crippen LogP contribution in [-0.2, 0) is 0 Å². The molecule has 100 valence electrons. The average Bonchev–Trinajstić information content (AvgIpc) is 2.44. The third-order valence-corrected chi connectivity index (χ3v) is 3.27. The zero-order valence-electron chi connectivity index (χ0n) is 11.3. The van der Waals surface area contributed by atoms with Gasteiger partial charge in [-0.15, -0.1) is 0 Å². The number of anilines is 1. The molecular weight excluding hydrogens is 228 g/mol. The Labute approximate surface area is 108 Å². The van der Waals surface area contributed by atoms with Crippen LogP contribution in [0.4, 0.5) is 5.69 Å². The fourth-order valence-electron chi connectivity index (χ4n) is 1.57. The molecular formula is C13H22N4O. The van der Waals surface area contributed by atoms with Crippen molar-refractivity contribution in [2.24, 2.45) is 5.73 Å². The van der Waals surface area contributed by atoms with Crippen molar-refractivity contribution in [3.05, 3.63) is 24.0 Å². The number of carbonyl (C=O) groups excluding carboxylic acids is 1. The Morgan fingerprint density at radius 1 is 1.44 bits per heavy atom. The molecule has 1 heterocycles. The van der Waals surface area contributed by atoms with Crippen LogP contribution in [0.5, 0.6) is 0 Å². The largest absolute Gasteiger partial charge is 0.383 e. The molecule has 1 aromatic heterocycles. The van der Waals surface area contributed by atoms with Gasteiger partial charge in [-0.3, -0.25) is 9.78 Å². The Balaban J connectivity index is 2.71. The van der Waals surface area contributed by atoms with Crippen molar-refractivity contribution < 1.29 is 4.79 Å². The topological polar surface area (TPSA) is 80.0 Å². The Morgan fingerprint density at radius 2 is 2.11 bits per heavy atom. The summed E-state index contributed by atoms with van der Waals surface area (Å²) in [6.07, 6.45) is 3.43. The van der Waals surface area contributed by atoms with E-state index in [1.165, 1.54) is 0 Å². The lowest BCUT2D eigenvalue weighted by atomic mass is 9.94. The van der Waals surface area contributed by atoms with Crippen LogP contribution in [0.1, 0.15) is 37.2 Å². The number of nitrogens with zero attached hydrogens (tertiary/aromatic N) is 1. The quantitative estimate of drug-likeness (QED) is 0.712. The number of carbonyl (C=O) groups is 1. The highest BCUT2D eigenvalue weighted by molar-refractivity contribution is 5.92. The molecule has 1 amide bonds. The van der Waals surface area contributed by atoms with Crippen molar-refractivity contribution >= 4 is 11.6 Å². The van der Waals surface area contributed by atoms with Crippen LogP contribution in [0.3, 0.4) is 0 Å². The number of hydrogen-bond acceptors (Lipinski definition) is 4. The van der Waals surface area contributed by atoms with Gasteiger partial charge in [0.2, 0.25) is 0 Å². The van der Waals surface area contributed by atoms with E-state index in [1.807, 2.05) is 6.07 Å². The summed E-state index contributed by atoms with van der Waals surface area (Å²) in [7, 11) is 1.59. The summed E-state index contributed by atoms with van der Waals surface area (Å²) in [5.74, 6) is -0.191. The van der Waals surface area contributed by atoms with E-state index in [0.717, 1.165) is 18.5 Å². The second-order valence-electron chi connectivity index (χ2n) is 4.43. The van der Waals surface area contributed by atoms with E-state index in [2.05, 4.69) is 29.5 Å². The number of aromatic nitrogens is 1. The number of hydrogen-bond donors (Lipinski definition) is 3. The Kier molecular flexibility index (Phi) is 5.09. The van der Waals surface area contributed by atoms with Gasteiger partial charge in [0.15, 0.2) is 0 Å². The zero-order valence-corrected chi connectivity index (χ0v) is 11.3. The van der Waals surface area contributed by atoms with Crippen molar-refractivity contribution in [1.29, 1.82) is 0 Å². The van der Waals surface area contributed by atoms with Crippen molar-refractivity contribution in [3.8, 4) is 0 Å². The first-order valence-electron chi connectivity index (χ1n) is 6.25. The summed E-state index contributed by atoms with van der Waals surface area (Å²) in [5, 5.41) is 5.81. The van der Waals surface area contributed by atoms with Crippen LogP contribution in [0, 0.1) is 0 Å². The summed E-state index contributed by atoms with van der Waals surface area (Å²) in [6.45, 7) is 4.83. The van der Waals surface area contributed by atoms with Gasteiger partial charge in [-0.25, -0.2) is 0 Å². The molecule has 0 bridgehead atoms. The van der Waals surface area contributed by atoms with Crippen LogP contribution in [0.25, 0.3) is 0 Å². The van der Waals surface area contributed by atoms with Crippen molar-refractivity contribution in [2.75, 3.05) is 18.9 Å². The number of rotatable bonds is 6. The van der Waals surface area contributed by atoms with E-state index in [-0.39, 0.29) is 11.4 Å². The molecule has 1 rings (SSSR count). The van der Waals surface area contributed by atoms with Gasteiger partial charge in [0.25, 0.3) is 5.91 Å². The molecule has 5 nitrogen and oxygen atoms in total. The summed E-state index contributed by atoms with van der Waals surface area (Å²) in [5.41, 5.74) is 7.26. The van der Waals surface area contributed by atoms with Gasteiger partial charge in [-0.2, -0.15) is 0 Å². The monoisotopic (exact) mass is 250 g/mol. The first-order chi connectivity index (χ1) is 8.54. The molecule has 0 unspecified atom stereocenters. The lowest BCUT2D eigenvalue weighted by Crippen LogP contribution is -2.45. The highest BCUT2D eigenvalue weighted by Gasteiger charge is 2.19. The first-order valence-corrected chi connectivity index (χ1v) is 6.25. The second kappa shape index (κ2) is 6.35. The third-order valence-electron chi connectivity index (χ3n) is 3.27. The fraction of sp³-hybridized carbons (Fsp3) is 0.538. The maximum Gasteiger partial charge on any atom is 0.269 e. The van der Waals surface area contributed by atoms with E-state index < -0.39 is 0 Å². The van der Waals surface area contributed by atoms with E-state index >= 15 is 0 Å². The SMILES string of the molecule is CCC(N)(CC)CNc1ccnc(C(=O)NC)c1. The van der Waals surface area contributed by atoms with Crippen LogP contribution < -0.4 is 16.4 Å². The number of pyridine rings is 1. The molecule has 0 fully saturated rings. The van der Waals surface area contributed by atoms with Crippen molar-refractivity contribution in [3.63, 3.8) is 0 Å². The van der Waals surface area contributed by atoms with E-state index in [9.17, 15) is 4.79 Å². The molecule has 4 N–H and O–H groups in total. The highest BCUT2D eigenvalue weighted by atomic mass is 16.1. The molecule has 0 spiro atoms. The molecule has 0 saturated carbocycles. The van der Waals surface area contributed by atoms with Gasteiger partial charge in [0.05, 0.1) is 0 Å². The molecule has 18 heavy (non-hydrogen) atoms. The van der Waals surface area contributed by atoms with Crippen LogP contribution in [0.15, 0.2) is 18.3 Å². The molecule has 0 aliphatic rings. The van der Waals surface area contributed by atoms with Crippen molar-refractivity contribution in [1.82, 2.24) is 10.3 Å². The van der Waals surface area contributed by atoms with Gasteiger partial charge in [-0.05, 0) is 25.0 Å². The third kappa shape index (κ3) is 3.70. The maximum atomic E-state index is 11.5. The predicted molar refractivity (Wildman–Crippen MR) is 73.6 cm³/mol. The summed E-state index contributed by atoms with van der Waals surface area (Å²) < 4.78 is 0. The highest BCUT2D eigenvalue weighted by Crippen LogP contribution is 2.14. The lowest BCUT2D eigenvalue weighted by Gasteiger charge is -2.27. The zero-order chi connectivity index (χ0) is 13.6. The first kappa shape index (κ1) is 14.4. The fourth-order valence-corrected chi connectivity index (χ4v) is 1.57. The van der Waals surface area contributed by atoms with Gasteiger partial charge < -0.3 is 16.4 Å². The Bertz CT molecular complexity index is 402. The Morgan fingerprint density at radius 3 is 2.67 bits per heavy atom. The van der Waals surface area contributed by atoms with E-state index in [0.29, 0.717) is 12.2 Å². The van der Waals surface area contributed by atoms with Crippen LogP contribution >= 0.6 is 0 Å². The average molecular weight is 250 g/mol. The molecule has 1 aromatic rings. The molecule has 0 atom stereocenters.